The number of amides is 1. The molecule has 1 amide bonds. The topological polar surface area (TPSA) is 64.3 Å². The molecule has 0 bridgehead atoms. The summed E-state index contributed by atoms with van der Waals surface area (Å²) in [6.45, 7) is 7.63. The van der Waals surface area contributed by atoms with E-state index in [0.717, 1.165) is 25.7 Å². The Hall–Kier alpha value is -0.770. The zero-order chi connectivity index (χ0) is 12.4. The molecule has 0 radical (unpaired) electrons. The molecule has 0 saturated heterocycles. The van der Waals surface area contributed by atoms with Crippen LogP contribution in [0.25, 0.3) is 0 Å². The lowest BCUT2D eigenvalue weighted by Gasteiger charge is -2.37. The quantitative estimate of drug-likeness (QED) is 0.723. The molecule has 1 aliphatic carbocycles. The van der Waals surface area contributed by atoms with Crippen LogP contribution in [0.2, 0.25) is 0 Å². The monoisotopic (exact) mass is 228 g/mol. The number of carbonyl (C=O) groups excluding carboxylic acids is 1. The predicted octanol–water partition coefficient (Wildman–Crippen LogP) is 2.17. The molecule has 1 aliphatic rings. The Morgan fingerprint density at radius 1 is 1.50 bits per heavy atom. The first-order chi connectivity index (χ1) is 7.20. The van der Waals surface area contributed by atoms with Crippen molar-refractivity contribution in [1.82, 2.24) is 5.32 Å². The second-order valence-electron chi connectivity index (χ2n) is 6.04. The highest BCUT2D eigenvalue weighted by Gasteiger charge is 2.33. The summed E-state index contributed by atoms with van der Waals surface area (Å²) in [5.74, 6) is 0. The summed E-state index contributed by atoms with van der Waals surface area (Å²) in [5, 5.41) is 2.94. The van der Waals surface area contributed by atoms with Crippen LogP contribution in [-0.2, 0) is 4.74 Å². The smallest absolute Gasteiger partial charge is 0.408 e. The fourth-order valence-electron chi connectivity index (χ4n) is 2.20. The summed E-state index contributed by atoms with van der Waals surface area (Å²) in [5.41, 5.74) is 5.27. The third kappa shape index (κ3) is 4.39. The van der Waals surface area contributed by atoms with Crippen molar-refractivity contribution in [3.8, 4) is 0 Å². The van der Waals surface area contributed by atoms with Gasteiger partial charge in [-0.05, 0) is 53.4 Å². The Morgan fingerprint density at radius 3 is 2.62 bits per heavy atom. The molecular weight excluding hydrogens is 204 g/mol. The Kier molecular flexibility index (Phi) is 3.84. The molecule has 1 fully saturated rings. The van der Waals surface area contributed by atoms with Gasteiger partial charge in [0.25, 0.3) is 0 Å². The average Bonchev–Trinajstić information content (AvgIpc) is 1.96. The van der Waals surface area contributed by atoms with E-state index in [1.807, 2.05) is 27.7 Å². The SMILES string of the molecule is CC(C)(C)OC(=O)N[C@@]1(C)CCC[C@H](N)C1. The van der Waals surface area contributed by atoms with Gasteiger partial charge < -0.3 is 15.8 Å². The van der Waals surface area contributed by atoms with Gasteiger partial charge in [0.2, 0.25) is 0 Å². The van der Waals surface area contributed by atoms with Gasteiger partial charge in [-0.2, -0.15) is 0 Å². The maximum atomic E-state index is 11.7. The molecule has 16 heavy (non-hydrogen) atoms. The second-order valence-corrected chi connectivity index (χ2v) is 6.04. The average molecular weight is 228 g/mol. The first-order valence-corrected chi connectivity index (χ1v) is 5.97. The van der Waals surface area contributed by atoms with Gasteiger partial charge in [0.05, 0.1) is 0 Å². The molecular formula is C12H24N2O2. The molecule has 4 nitrogen and oxygen atoms in total. The Bertz CT molecular complexity index is 260. The third-order valence-corrected chi connectivity index (χ3v) is 2.82. The fraction of sp³-hybridized carbons (Fsp3) is 0.917. The first-order valence-electron chi connectivity index (χ1n) is 5.97. The van der Waals surface area contributed by atoms with E-state index in [1.165, 1.54) is 0 Å². The highest BCUT2D eigenvalue weighted by Crippen LogP contribution is 2.27. The van der Waals surface area contributed by atoms with Crippen LogP contribution in [0, 0.1) is 0 Å². The second kappa shape index (κ2) is 4.62. The number of carbonyl (C=O) groups is 1. The fourth-order valence-corrected chi connectivity index (χ4v) is 2.20. The van der Waals surface area contributed by atoms with Crippen molar-refractivity contribution in [2.24, 2.45) is 5.73 Å². The standard InChI is InChI=1S/C12H24N2O2/c1-11(2,3)16-10(15)14-12(4)7-5-6-9(13)8-12/h9H,5-8,13H2,1-4H3,(H,14,15)/t9-,12-/m0/s1. The number of hydrogen-bond acceptors (Lipinski definition) is 3. The molecule has 1 rings (SSSR count). The van der Waals surface area contributed by atoms with E-state index >= 15 is 0 Å². The van der Waals surface area contributed by atoms with Gasteiger partial charge in [-0.1, -0.05) is 0 Å². The van der Waals surface area contributed by atoms with E-state index in [2.05, 4.69) is 5.32 Å². The maximum Gasteiger partial charge on any atom is 0.408 e. The Balaban J connectivity index is 2.49. The van der Waals surface area contributed by atoms with Crippen LogP contribution >= 0.6 is 0 Å². The van der Waals surface area contributed by atoms with Crippen LogP contribution < -0.4 is 11.1 Å². The van der Waals surface area contributed by atoms with E-state index in [9.17, 15) is 4.79 Å². The number of hydrogen-bond donors (Lipinski definition) is 2. The van der Waals surface area contributed by atoms with Crippen molar-refractivity contribution < 1.29 is 9.53 Å². The molecule has 3 N–H and O–H groups in total. The lowest BCUT2D eigenvalue weighted by Crippen LogP contribution is -2.52. The van der Waals surface area contributed by atoms with E-state index in [0.29, 0.717) is 0 Å². The van der Waals surface area contributed by atoms with Crippen LogP contribution in [0.15, 0.2) is 0 Å². The largest absolute Gasteiger partial charge is 0.444 e. The molecule has 2 atom stereocenters. The number of nitrogens with two attached hydrogens (primary N) is 1. The van der Waals surface area contributed by atoms with Gasteiger partial charge in [-0.15, -0.1) is 0 Å². The van der Waals surface area contributed by atoms with Crippen LogP contribution in [-0.4, -0.2) is 23.3 Å². The highest BCUT2D eigenvalue weighted by atomic mass is 16.6. The van der Waals surface area contributed by atoms with E-state index in [4.69, 9.17) is 10.5 Å². The Labute approximate surface area is 97.9 Å². The predicted molar refractivity (Wildman–Crippen MR) is 64.2 cm³/mol. The van der Waals surface area contributed by atoms with Gasteiger partial charge in [-0.25, -0.2) is 4.79 Å². The molecule has 0 aromatic carbocycles. The zero-order valence-corrected chi connectivity index (χ0v) is 10.8. The van der Waals surface area contributed by atoms with E-state index in [1.54, 1.807) is 0 Å². The maximum absolute atomic E-state index is 11.7. The number of alkyl carbamates (subject to hydrolysis) is 1. The van der Waals surface area contributed by atoms with Crippen molar-refractivity contribution in [2.45, 2.75) is 70.6 Å². The summed E-state index contributed by atoms with van der Waals surface area (Å²) in [6.07, 6.45) is 3.56. The molecule has 0 spiro atoms. The van der Waals surface area contributed by atoms with Crippen molar-refractivity contribution in [3.05, 3.63) is 0 Å². The Morgan fingerprint density at radius 2 is 2.12 bits per heavy atom. The number of rotatable bonds is 1. The third-order valence-electron chi connectivity index (χ3n) is 2.82. The van der Waals surface area contributed by atoms with Crippen molar-refractivity contribution >= 4 is 6.09 Å². The van der Waals surface area contributed by atoms with Crippen molar-refractivity contribution in [1.29, 1.82) is 0 Å². The summed E-state index contributed by atoms with van der Waals surface area (Å²) < 4.78 is 5.25. The number of ether oxygens (including phenoxy) is 1. The van der Waals surface area contributed by atoms with Crippen LogP contribution in [0.5, 0.6) is 0 Å². The molecule has 0 aliphatic heterocycles. The molecule has 0 unspecified atom stereocenters. The van der Waals surface area contributed by atoms with Gasteiger partial charge in [0, 0.05) is 11.6 Å². The molecule has 0 aromatic rings. The van der Waals surface area contributed by atoms with Gasteiger partial charge >= 0.3 is 6.09 Å². The van der Waals surface area contributed by atoms with Crippen molar-refractivity contribution in [3.63, 3.8) is 0 Å². The lowest BCUT2D eigenvalue weighted by atomic mass is 9.81. The summed E-state index contributed by atoms with van der Waals surface area (Å²) in [6, 6.07) is 0.189. The van der Waals surface area contributed by atoms with Crippen LogP contribution in [0.3, 0.4) is 0 Å². The van der Waals surface area contributed by atoms with Crippen LogP contribution in [0.4, 0.5) is 4.79 Å². The van der Waals surface area contributed by atoms with Crippen LogP contribution in [0.1, 0.15) is 53.4 Å². The lowest BCUT2D eigenvalue weighted by molar-refractivity contribution is 0.0433. The molecule has 0 heterocycles. The molecule has 1 saturated carbocycles. The number of nitrogens with one attached hydrogen (secondary N) is 1. The minimum Gasteiger partial charge on any atom is -0.444 e. The normalized spacial score (nSPS) is 30.9. The molecule has 94 valence electrons. The molecule has 0 aromatic heterocycles. The summed E-state index contributed by atoms with van der Waals surface area (Å²) >= 11 is 0. The van der Waals surface area contributed by atoms with Crippen molar-refractivity contribution in [2.75, 3.05) is 0 Å². The summed E-state index contributed by atoms with van der Waals surface area (Å²) in [7, 11) is 0. The molecule has 4 heteroatoms. The first kappa shape index (κ1) is 13.3. The van der Waals surface area contributed by atoms with Gasteiger partial charge in [-0.3, -0.25) is 0 Å². The summed E-state index contributed by atoms with van der Waals surface area (Å²) in [4.78, 5) is 11.7. The minimum atomic E-state index is -0.447. The van der Waals surface area contributed by atoms with Gasteiger partial charge in [0.1, 0.15) is 5.60 Å². The van der Waals surface area contributed by atoms with E-state index < -0.39 is 5.60 Å². The zero-order valence-electron chi connectivity index (χ0n) is 10.8. The van der Waals surface area contributed by atoms with Gasteiger partial charge in [0.15, 0.2) is 0 Å². The van der Waals surface area contributed by atoms with E-state index in [-0.39, 0.29) is 17.7 Å². The minimum absolute atomic E-state index is 0.189. The highest BCUT2D eigenvalue weighted by molar-refractivity contribution is 5.68.